The van der Waals surface area contributed by atoms with Gasteiger partial charge in [0.2, 0.25) is 0 Å². The van der Waals surface area contributed by atoms with Crippen LogP contribution in [0.25, 0.3) is 34.1 Å². The first-order chi connectivity index (χ1) is 14.3. The summed E-state index contributed by atoms with van der Waals surface area (Å²) >= 11 is 0. The highest BCUT2D eigenvalue weighted by molar-refractivity contribution is 6.13. The number of rotatable bonds is 3. The Labute approximate surface area is 170 Å². The lowest BCUT2D eigenvalue weighted by atomic mass is 9.88. The topological polar surface area (TPSA) is 26.3 Å². The number of methoxy groups -OCH3 is 1. The van der Waals surface area contributed by atoms with Crippen molar-refractivity contribution in [3.8, 4) is 11.1 Å². The van der Waals surface area contributed by atoms with Crippen molar-refractivity contribution in [3.05, 3.63) is 107 Å². The number of hydrogen-bond donors (Lipinski definition) is 0. The SMILES string of the molecule is COC(=O)c1c2c(c(/C=C/c3ccccc3)c3ccccc13)-c1ccccc1C2. The lowest BCUT2D eigenvalue weighted by molar-refractivity contribution is 0.0602. The van der Waals surface area contributed by atoms with Crippen LogP contribution in [0.15, 0.2) is 78.9 Å². The van der Waals surface area contributed by atoms with Gasteiger partial charge in [0.15, 0.2) is 0 Å². The maximum atomic E-state index is 12.8. The molecule has 0 amide bonds. The number of carbonyl (C=O) groups is 1. The van der Waals surface area contributed by atoms with E-state index >= 15 is 0 Å². The van der Waals surface area contributed by atoms with Crippen LogP contribution in [0.4, 0.5) is 0 Å². The third kappa shape index (κ3) is 2.85. The molecular formula is C27H20O2. The van der Waals surface area contributed by atoms with Crippen LogP contribution in [-0.2, 0) is 11.2 Å². The minimum absolute atomic E-state index is 0.274. The molecule has 0 saturated carbocycles. The van der Waals surface area contributed by atoms with E-state index in [0.717, 1.165) is 39.4 Å². The largest absolute Gasteiger partial charge is 0.465 e. The Morgan fingerprint density at radius 3 is 2.31 bits per heavy atom. The molecule has 0 spiro atoms. The fourth-order valence-corrected chi connectivity index (χ4v) is 4.37. The molecule has 0 fully saturated rings. The van der Waals surface area contributed by atoms with E-state index in [1.807, 2.05) is 36.4 Å². The lowest BCUT2D eigenvalue weighted by Gasteiger charge is -2.16. The average Bonchev–Trinajstić information content (AvgIpc) is 3.16. The van der Waals surface area contributed by atoms with Crippen molar-refractivity contribution < 1.29 is 9.53 Å². The summed E-state index contributed by atoms with van der Waals surface area (Å²) < 4.78 is 5.18. The fourth-order valence-electron chi connectivity index (χ4n) is 4.37. The van der Waals surface area contributed by atoms with E-state index in [4.69, 9.17) is 4.74 Å². The number of fused-ring (bicyclic) bond motifs is 4. The number of carbonyl (C=O) groups excluding carboxylic acids is 1. The summed E-state index contributed by atoms with van der Waals surface area (Å²) in [6.45, 7) is 0. The molecule has 140 valence electrons. The van der Waals surface area contributed by atoms with Crippen LogP contribution >= 0.6 is 0 Å². The molecular weight excluding hydrogens is 356 g/mol. The fraction of sp³-hybridized carbons (Fsp3) is 0.0741. The summed E-state index contributed by atoms with van der Waals surface area (Å²) in [5, 5.41) is 2.01. The number of ether oxygens (including phenoxy) is 1. The Balaban J connectivity index is 1.86. The molecule has 0 radical (unpaired) electrons. The lowest BCUT2D eigenvalue weighted by Crippen LogP contribution is -2.07. The Morgan fingerprint density at radius 2 is 1.52 bits per heavy atom. The van der Waals surface area contributed by atoms with Gasteiger partial charge < -0.3 is 4.74 Å². The third-order valence-corrected chi connectivity index (χ3v) is 5.64. The van der Waals surface area contributed by atoms with Crippen LogP contribution in [0.5, 0.6) is 0 Å². The maximum Gasteiger partial charge on any atom is 0.338 e. The zero-order chi connectivity index (χ0) is 19.8. The molecule has 0 aliphatic heterocycles. The van der Waals surface area contributed by atoms with Gasteiger partial charge >= 0.3 is 5.97 Å². The molecule has 0 aromatic heterocycles. The molecule has 0 saturated heterocycles. The van der Waals surface area contributed by atoms with E-state index in [9.17, 15) is 4.79 Å². The van der Waals surface area contributed by atoms with E-state index in [0.29, 0.717) is 5.56 Å². The van der Waals surface area contributed by atoms with Crippen molar-refractivity contribution in [3.63, 3.8) is 0 Å². The number of benzene rings is 4. The van der Waals surface area contributed by atoms with Gasteiger partial charge in [0, 0.05) is 0 Å². The summed E-state index contributed by atoms with van der Waals surface area (Å²) in [4.78, 5) is 12.8. The first-order valence-electron chi connectivity index (χ1n) is 9.75. The second-order valence-corrected chi connectivity index (χ2v) is 7.26. The molecule has 1 aliphatic rings. The predicted octanol–water partition coefficient (Wildman–Crippen LogP) is 6.37. The molecule has 1 aliphatic carbocycles. The van der Waals surface area contributed by atoms with Gasteiger partial charge in [0.25, 0.3) is 0 Å². The van der Waals surface area contributed by atoms with Crippen LogP contribution in [-0.4, -0.2) is 13.1 Å². The van der Waals surface area contributed by atoms with Crippen molar-refractivity contribution >= 4 is 28.9 Å². The van der Waals surface area contributed by atoms with Gasteiger partial charge in [-0.3, -0.25) is 0 Å². The van der Waals surface area contributed by atoms with Crippen molar-refractivity contribution in [2.75, 3.05) is 7.11 Å². The van der Waals surface area contributed by atoms with E-state index in [1.165, 1.54) is 18.2 Å². The first kappa shape index (κ1) is 17.4. The summed E-state index contributed by atoms with van der Waals surface area (Å²) in [7, 11) is 1.45. The second-order valence-electron chi connectivity index (χ2n) is 7.26. The molecule has 29 heavy (non-hydrogen) atoms. The van der Waals surface area contributed by atoms with E-state index < -0.39 is 0 Å². The number of hydrogen-bond acceptors (Lipinski definition) is 2. The monoisotopic (exact) mass is 376 g/mol. The molecule has 0 N–H and O–H groups in total. The van der Waals surface area contributed by atoms with Crippen molar-refractivity contribution in [2.24, 2.45) is 0 Å². The van der Waals surface area contributed by atoms with Crippen LogP contribution in [0.1, 0.15) is 32.6 Å². The Kier molecular flexibility index (Phi) is 4.25. The highest BCUT2D eigenvalue weighted by atomic mass is 16.5. The van der Waals surface area contributed by atoms with Crippen molar-refractivity contribution in [2.45, 2.75) is 6.42 Å². The molecule has 0 bridgehead atoms. The molecule has 4 aromatic carbocycles. The predicted molar refractivity (Wildman–Crippen MR) is 119 cm³/mol. The molecule has 0 unspecified atom stereocenters. The molecule has 4 aromatic rings. The van der Waals surface area contributed by atoms with E-state index in [1.54, 1.807) is 0 Å². The highest BCUT2D eigenvalue weighted by Crippen LogP contribution is 2.45. The van der Waals surface area contributed by atoms with Crippen LogP contribution in [0, 0.1) is 0 Å². The van der Waals surface area contributed by atoms with Crippen molar-refractivity contribution in [1.82, 2.24) is 0 Å². The van der Waals surface area contributed by atoms with Gasteiger partial charge in [-0.25, -0.2) is 4.79 Å². The highest BCUT2D eigenvalue weighted by Gasteiger charge is 2.29. The summed E-state index contributed by atoms with van der Waals surface area (Å²) in [6.07, 6.45) is 5.06. The van der Waals surface area contributed by atoms with Gasteiger partial charge in [-0.2, -0.15) is 0 Å². The van der Waals surface area contributed by atoms with Gasteiger partial charge in [-0.1, -0.05) is 91.0 Å². The normalized spacial score (nSPS) is 12.2. The average molecular weight is 376 g/mol. The Hall–Kier alpha value is -3.65. The van der Waals surface area contributed by atoms with Gasteiger partial charge in [-0.15, -0.1) is 0 Å². The maximum absolute atomic E-state index is 12.8. The first-order valence-corrected chi connectivity index (χ1v) is 9.75. The Bertz CT molecular complexity index is 1270. The molecule has 0 heterocycles. The summed E-state index contributed by atoms with van der Waals surface area (Å²) in [5.41, 5.74) is 7.64. The quantitative estimate of drug-likeness (QED) is 0.270. The minimum atomic E-state index is -0.274. The third-order valence-electron chi connectivity index (χ3n) is 5.64. The molecule has 2 nitrogen and oxygen atoms in total. The van der Waals surface area contributed by atoms with Crippen LogP contribution < -0.4 is 0 Å². The second kappa shape index (κ2) is 7.06. The van der Waals surface area contributed by atoms with Crippen LogP contribution in [0.2, 0.25) is 0 Å². The zero-order valence-corrected chi connectivity index (χ0v) is 16.2. The van der Waals surface area contributed by atoms with Gasteiger partial charge in [-0.05, 0) is 50.6 Å². The van der Waals surface area contributed by atoms with Crippen molar-refractivity contribution in [1.29, 1.82) is 0 Å². The summed E-state index contributed by atoms with van der Waals surface area (Å²) in [5.74, 6) is -0.274. The molecule has 2 heteroatoms. The smallest absolute Gasteiger partial charge is 0.338 e. The zero-order valence-electron chi connectivity index (χ0n) is 16.2. The summed E-state index contributed by atoms with van der Waals surface area (Å²) in [6, 6.07) is 26.8. The van der Waals surface area contributed by atoms with Gasteiger partial charge in [0.1, 0.15) is 0 Å². The van der Waals surface area contributed by atoms with Gasteiger partial charge in [0.05, 0.1) is 12.7 Å². The standard InChI is InChI=1S/C27H20O2/c1-29-27(28)26-22-14-8-7-13-21(22)23(16-15-18-9-3-2-4-10-18)25-20-12-6-5-11-19(20)17-24(25)26/h2-16H,17H2,1H3/b16-15+. The van der Waals surface area contributed by atoms with E-state index in [2.05, 4.69) is 54.6 Å². The van der Waals surface area contributed by atoms with Crippen LogP contribution in [0.3, 0.4) is 0 Å². The number of esters is 1. The minimum Gasteiger partial charge on any atom is -0.465 e. The Morgan fingerprint density at radius 1 is 0.828 bits per heavy atom. The molecule has 0 atom stereocenters. The molecule has 5 rings (SSSR count). The van der Waals surface area contributed by atoms with E-state index in [-0.39, 0.29) is 5.97 Å².